The number of hydrogen-bond donors (Lipinski definition) is 2. The van der Waals surface area contributed by atoms with Crippen LogP contribution in [0.15, 0.2) is 64.3 Å². The first-order valence-electron chi connectivity index (χ1n) is 7.33. The molecule has 0 aliphatic rings. The fraction of sp³-hybridized carbons (Fsp3) is 0.0588. The van der Waals surface area contributed by atoms with Crippen molar-refractivity contribution in [3.8, 4) is 11.6 Å². The quantitative estimate of drug-likeness (QED) is 0.750. The molecule has 0 atom stereocenters. The predicted molar refractivity (Wildman–Crippen MR) is 91.0 cm³/mol. The van der Waals surface area contributed by atoms with E-state index in [0.29, 0.717) is 17.2 Å². The molecule has 2 N–H and O–H groups in total. The number of aromatic amines is 1. The highest BCUT2D eigenvalue weighted by atomic mass is 16.5. The number of nitrogens with zero attached hydrogens (tertiary/aromatic N) is 2. The Labute approximate surface area is 141 Å². The molecular weight excluding hydrogens is 324 g/mol. The molecule has 8 nitrogen and oxygen atoms in total. The van der Waals surface area contributed by atoms with Gasteiger partial charge in [0.25, 0.3) is 11.5 Å². The number of nitrogens with one attached hydrogen (secondary N) is 2. The van der Waals surface area contributed by atoms with Gasteiger partial charge in [-0.3, -0.25) is 19.1 Å². The van der Waals surface area contributed by atoms with Crippen molar-refractivity contribution in [1.82, 2.24) is 14.5 Å². The second-order valence-electron chi connectivity index (χ2n) is 5.13. The maximum absolute atomic E-state index is 12.4. The van der Waals surface area contributed by atoms with Gasteiger partial charge < -0.3 is 10.1 Å². The van der Waals surface area contributed by atoms with Gasteiger partial charge in [-0.1, -0.05) is 12.1 Å². The summed E-state index contributed by atoms with van der Waals surface area (Å²) in [5.41, 5.74) is -0.901. The van der Waals surface area contributed by atoms with Crippen LogP contribution in [0.5, 0.6) is 11.6 Å². The van der Waals surface area contributed by atoms with Crippen molar-refractivity contribution in [1.29, 1.82) is 0 Å². The zero-order valence-electron chi connectivity index (χ0n) is 13.2. The summed E-state index contributed by atoms with van der Waals surface area (Å²) in [6.45, 7) is 0. The minimum Gasteiger partial charge on any atom is -0.439 e. The van der Waals surface area contributed by atoms with Crippen LogP contribution < -0.4 is 21.3 Å². The van der Waals surface area contributed by atoms with Crippen molar-refractivity contribution in [3.05, 3.63) is 81.1 Å². The number of hydrogen-bond acceptors (Lipinski definition) is 5. The van der Waals surface area contributed by atoms with Crippen LogP contribution in [-0.2, 0) is 7.05 Å². The summed E-state index contributed by atoms with van der Waals surface area (Å²) >= 11 is 0. The molecule has 0 spiro atoms. The molecule has 2 heterocycles. The summed E-state index contributed by atoms with van der Waals surface area (Å²) in [4.78, 5) is 41.5. The third-order valence-corrected chi connectivity index (χ3v) is 3.36. The average Bonchev–Trinajstić information content (AvgIpc) is 2.60. The van der Waals surface area contributed by atoms with E-state index < -0.39 is 17.2 Å². The Hall–Kier alpha value is -3.68. The van der Waals surface area contributed by atoms with E-state index in [1.807, 2.05) is 0 Å². The number of carbonyl (C=O) groups excluding carboxylic acids is 1. The molecular formula is C17H14N4O4. The Morgan fingerprint density at radius 2 is 2.00 bits per heavy atom. The molecule has 2 aromatic heterocycles. The number of aromatic nitrogens is 3. The van der Waals surface area contributed by atoms with Crippen LogP contribution in [0.25, 0.3) is 0 Å². The van der Waals surface area contributed by atoms with Crippen molar-refractivity contribution in [3.63, 3.8) is 0 Å². The molecule has 1 amide bonds. The van der Waals surface area contributed by atoms with Gasteiger partial charge in [0.2, 0.25) is 5.88 Å². The van der Waals surface area contributed by atoms with Gasteiger partial charge in [0.15, 0.2) is 0 Å². The van der Waals surface area contributed by atoms with E-state index in [-0.39, 0.29) is 5.82 Å². The van der Waals surface area contributed by atoms with Crippen LogP contribution >= 0.6 is 0 Å². The van der Waals surface area contributed by atoms with Gasteiger partial charge in [0.1, 0.15) is 11.6 Å². The van der Waals surface area contributed by atoms with Crippen molar-refractivity contribution in [2.45, 2.75) is 0 Å². The van der Waals surface area contributed by atoms with Crippen LogP contribution in [0.2, 0.25) is 0 Å². The van der Waals surface area contributed by atoms with Gasteiger partial charge in [-0.15, -0.1) is 0 Å². The summed E-state index contributed by atoms with van der Waals surface area (Å²) in [5, 5.41) is 2.53. The van der Waals surface area contributed by atoms with Crippen LogP contribution in [0, 0.1) is 0 Å². The van der Waals surface area contributed by atoms with Crippen LogP contribution in [0.1, 0.15) is 10.4 Å². The monoisotopic (exact) mass is 338 g/mol. The maximum Gasteiger partial charge on any atom is 0.329 e. The van der Waals surface area contributed by atoms with Crippen LogP contribution in [-0.4, -0.2) is 20.4 Å². The van der Waals surface area contributed by atoms with E-state index in [4.69, 9.17) is 4.74 Å². The average molecular weight is 338 g/mol. The molecule has 126 valence electrons. The third-order valence-electron chi connectivity index (χ3n) is 3.36. The molecule has 1 aromatic carbocycles. The van der Waals surface area contributed by atoms with Crippen molar-refractivity contribution in [2.75, 3.05) is 5.32 Å². The maximum atomic E-state index is 12.4. The smallest absolute Gasteiger partial charge is 0.329 e. The molecule has 0 unspecified atom stereocenters. The minimum absolute atomic E-state index is 0.0924. The summed E-state index contributed by atoms with van der Waals surface area (Å²) in [7, 11) is 1.44. The lowest BCUT2D eigenvalue weighted by Crippen LogP contribution is -2.31. The number of rotatable bonds is 4. The molecule has 0 fully saturated rings. The van der Waals surface area contributed by atoms with Gasteiger partial charge in [-0.2, -0.15) is 0 Å². The summed E-state index contributed by atoms with van der Waals surface area (Å²) < 4.78 is 6.71. The van der Waals surface area contributed by atoms with Crippen LogP contribution in [0.3, 0.4) is 0 Å². The number of amides is 1. The number of pyridine rings is 1. The van der Waals surface area contributed by atoms with E-state index in [1.165, 1.54) is 13.1 Å². The minimum atomic E-state index is -0.616. The van der Waals surface area contributed by atoms with Gasteiger partial charge in [0.05, 0.1) is 0 Å². The Bertz CT molecular complexity index is 1020. The fourth-order valence-corrected chi connectivity index (χ4v) is 2.09. The molecule has 0 aliphatic carbocycles. The SMILES string of the molecule is Cn1c(NC(=O)c2cccc(Oc3ccccn3)c2)cc(=O)[nH]c1=O. The number of anilines is 1. The second-order valence-corrected chi connectivity index (χ2v) is 5.13. The molecule has 3 rings (SSSR count). The lowest BCUT2D eigenvalue weighted by Gasteiger charge is -2.10. The van der Waals surface area contributed by atoms with Gasteiger partial charge in [-0.05, 0) is 24.3 Å². The Morgan fingerprint density at radius 1 is 1.16 bits per heavy atom. The van der Waals surface area contributed by atoms with E-state index in [1.54, 1.807) is 42.6 Å². The van der Waals surface area contributed by atoms with E-state index in [2.05, 4.69) is 15.3 Å². The summed E-state index contributed by atoms with van der Waals surface area (Å²) in [6, 6.07) is 12.8. The van der Waals surface area contributed by atoms with Gasteiger partial charge in [-0.25, -0.2) is 9.78 Å². The first-order valence-corrected chi connectivity index (χ1v) is 7.33. The highest BCUT2D eigenvalue weighted by Crippen LogP contribution is 2.20. The lowest BCUT2D eigenvalue weighted by atomic mass is 10.2. The van der Waals surface area contributed by atoms with Crippen molar-refractivity contribution in [2.24, 2.45) is 7.05 Å². The highest BCUT2D eigenvalue weighted by Gasteiger charge is 2.11. The predicted octanol–water partition coefficient (Wildman–Crippen LogP) is 1.51. The molecule has 0 saturated heterocycles. The Morgan fingerprint density at radius 3 is 2.76 bits per heavy atom. The highest BCUT2D eigenvalue weighted by molar-refractivity contribution is 6.04. The van der Waals surface area contributed by atoms with Crippen molar-refractivity contribution < 1.29 is 9.53 Å². The second kappa shape index (κ2) is 6.83. The van der Waals surface area contributed by atoms with E-state index in [9.17, 15) is 14.4 Å². The molecule has 0 aliphatic heterocycles. The first kappa shape index (κ1) is 16.2. The molecule has 0 radical (unpaired) electrons. The number of carbonyl (C=O) groups is 1. The van der Waals surface area contributed by atoms with Crippen LogP contribution in [0.4, 0.5) is 5.82 Å². The Kier molecular flexibility index (Phi) is 4.42. The molecule has 0 bridgehead atoms. The first-order chi connectivity index (χ1) is 12.0. The molecule has 8 heteroatoms. The summed E-state index contributed by atoms with van der Waals surface area (Å²) in [6.07, 6.45) is 1.60. The van der Waals surface area contributed by atoms with Gasteiger partial charge in [0, 0.05) is 30.9 Å². The topological polar surface area (TPSA) is 106 Å². The molecule has 0 saturated carbocycles. The van der Waals surface area contributed by atoms with Crippen molar-refractivity contribution >= 4 is 11.7 Å². The molecule has 3 aromatic rings. The largest absolute Gasteiger partial charge is 0.439 e. The fourth-order valence-electron chi connectivity index (χ4n) is 2.09. The lowest BCUT2D eigenvalue weighted by molar-refractivity contribution is 0.102. The number of H-pyrrole nitrogens is 1. The number of benzene rings is 1. The Balaban J connectivity index is 1.82. The molecule has 25 heavy (non-hydrogen) atoms. The van der Waals surface area contributed by atoms with E-state index in [0.717, 1.165) is 10.6 Å². The third kappa shape index (κ3) is 3.81. The standard InChI is InChI=1S/C17H14N4O4/c1-21-13(10-14(22)20-17(21)24)19-16(23)11-5-4-6-12(9-11)25-15-7-2-3-8-18-15/h2-10H,1H3,(H,19,23)(H,20,22,24). The van der Waals surface area contributed by atoms with Gasteiger partial charge >= 0.3 is 5.69 Å². The summed E-state index contributed by atoms with van der Waals surface area (Å²) in [5.74, 6) is 0.449. The van der Waals surface area contributed by atoms with E-state index >= 15 is 0 Å². The zero-order chi connectivity index (χ0) is 17.8. The zero-order valence-corrected chi connectivity index (χ0v) is 13.2. The number of ether oxygens (including phenoxy) is 1. The normalized spacial score (nSPS) is 10.3.